The average Bonchev–Trinajstić information content (AvgIpc) is 2.73. The molecule has 17 heavy (non-hydrogen) atoms. The normalized spacial score (nSPS) is 32.0. The molecule has 1 saturated carbocycles. The number of carbonyl (C=O) groups excluding carboxylic acids is 1. The molecule has 1 aliphatic heterocycles. The Morgan fingerprint density at radius 2 is 1.94 bits per heavy atom. The number of ether oxygens (including phenoxy) is 1. The lowest BCUT2D eigenvalue weighted by Gasteiger charge is -2.30. The van der Waals surface area contributed by atoms with Crippen molar-refractivity contribution in [3.05, 3.63) is 29.8 Å². The Bertz CT molecular complexity index is 426. The highest BCUT2D eigenvalue weighted by atomic mass is 16.5. The average molecular weight is 226 g/mol. The van der Waals surface area contributed by atoms with Gasteiger partial charge in [0.25, 0.3) is 0 Å². The molecule has 0 amide bonds. The second-order valence-corrected chi connectivity index (χ2v) is 5.12. The van der Waals surface area contributed by atoms with Crippen LogP contribution in [0.25, 0.3) is 0 Å². The van der Waals surface area contributed by atoms with Crippen molar-refractivity contribution in [1.29, 1.82) is 0 Å². The molecular weight excluding hydrogens is 211 g/mol. The second kappa shape index (κ2) is 4.21. The number of cyclic esters (lactones) is 1. The van der Waals surface area contributed by atoms with Gasteiger partial charge in [-0.25, -0.2) is 0 Å². The van der Waals surface area contributed by atoms with Gasteiger partial charge >= 0.3 is 5.97 Å². The van der Waals surface area contributed by atoms with Gasteiger partial charge in [-0.15, -0.1) is 0 Å². The third kappa shape index (κ3) is 1.88. The summed E-state index contributed by atoms with van der Waals surface area (Å²) < 4.78 is 5.21. The van der Waals surface area contributed by atoms with E-state index in [1.807, 2.05) is 24.3 Å². The number of carbonyl (C=O) groups is 1. The first-order valence-corrected chi connectivity index (χ1v) is 6.28. The monoisotopic (exact) mass is 226 g/mol. The molecule has 0 N–H and O–H groups in total. The summed E-state index contributed by atoms with van der Waals surface area (Å²) in [5, 5.41) is 0. The van der Waals surface area contributed by atoms with Crippen molar-refractivity contribution < 1.29 is 9.53 Å². The van der Waals surface area contributed by atoms with Crippen molar-refractivity contribution in [1.82, 2.24) is 0 Å². The molecule has 1 aromatic carbocycles. The zero-order valence-corrected chi connectivity index (χ0v) is 9.76. The molecule has 86 valence electrons. The molecule has 3 rings (SSSR count). The third-order valence-corrected chi connectivity index (χ3v) is 4.11. The van der Waals surface area contributed by atoms with Crippen molar-refractivity contribution in [3.8, 4) is 0 Å². The Kier molecular flexibility index (Phi) is 2.69. The van der Waals surface area contributed by atoms with Crippen LogP contribution >= 0.6 is 0 Å². The Labute approximate surface area is 103 Å². The Hall–Kier alpha value is -1.25. The van der Waals surface area contributed by atoms with Crippen molar-refractivity contribution in [3.63, 3.8) is 0 Å². The first-order valence-electron chi connectivity index (χ1n) is 6.28. The largest absolute Gasteiger partial charge is 0.465 e. The van der Waals surface area contributed by atoms with E-state index in [1.165, 1.54) is 12.0 Å². The van der Waals surface area contributed by atoms with Gasteiger partial charge in [0.05, 0.1) is 12.5 Å². The molecule has 2 aliphatic rings. The van der Waals surface area contributed by atoms with Crippen molar-refractivity contribution in [2.24, 2.45) is 11.8 Å². The fourth-order valence-electron chi connectivity index (χ4n) is 3.23. The van der Waals surface area contributed by atoms with E-state index in [0.29, 0.717) is 18.4 Å². The molecular formula is C14H15BO2. The molecule has 1 heterocycles. The van der Waals surface area contributed by atoms with Crippen LogP contribution in [0, 0.1) is 11.8 Å². The number of benzene rings is 1. The lowest BCUT2D eigenvalue weighted by molar-refractivity contribution is -0.142. The number of rotatable bonds is 1. The van der Waals surface area contributed by atoms with E-state index >= 15 is 0 Å². The molecule has 1 saturated heterocycles. The third-order valence-electron chi connectivity index (χ3n) is 4.11. The van der Waals surface area contributed by atoms with E-state index in [4.69, 9.17) is 12.6 Å². The van der Waals surface area contributed by atoms with E-state index in [2.05, 4.69) is 0 Å². The summed E-state index contributed by atoms with van der Waals surface area (Å²) in [5.74, 6) is 0.826. The summed E-state index contributed by atoms with van der Waals surface area (Å²) in [6.07, 6.45) is 3.40. The van der Waals surface area contributed by atoms with Crippen molar-refractivity contribution in [2.75, 3.05) is 6.61 Å². The molecule has 0 spiro atoms. The van der Waals surface area contributed by atoms with Crippen molar-refractivity contribution >= 4 is 19.3 Å². The lowest BCUT2D eigenvalue weighted by atomic mass is 9.70. The molecule has 3 atom stereocenters. The van der Waals surface area contributed by atoms with Gasteiger partial charge in [-0.1, -0.05) is 36.1 Å². The molecule has 0 bridgehead atoms. The van der Waals surface area contributed by atoms with Crippen LogP contribution in [0.3, 0.4) is 0 Å². The number of esters is 1. The molecule has 3 heteroatoms. The topological polar surface area (TPSA) is 26.3 Å². The zero-order chi connectivity index (χ0) is 11.8. The van der Waals surface area contributed by atoms with Crippen LogP contribution in [0.1, 0.15) is 30.7 Å². The van der Waals surface area contributed by atoms with Gasteiger partial charge in [0, 0.05) is 5.92 Å². The second-order valence-electron chi connectivity index (χ2n) is 5.12. The first kappa shape index (κ1) is 10.9. The van der Waals surface area contributed by atoms with Crippen LogP contribution in [0.15, 0.2) is 24.3 Å². The summed E-state index contributed by atoms with van der Waals surface area (Å²) in [7, 11) is 5.70. The summed E-state index contributed by atoms with van der Waals surface area (Å²) in [4.78, 5) is 11.8. The molecule has 2 nitrogen and oxygen atoms in total. The minimum Gasteiger partial charge on any atom is -0.465 e. The van der Waals surface area contributed by atoms with Crippen LogP contribution in [-0.2, 0) is 9.53 Å². The van der Waals surface area contributed by atoms with Gasteiger partial charge in [-0.05, 0) is 24.3 Å². The van der Waals surface area contributed by atoms with Gasteiger partial charge in [-0.2, -0.15) is 0 Å². The van der Waals surface area contributed by atoms with Crippen LogP contribution < -0.4 is 5.46 Å². The number of fused-ring (bicyclic) bond motifs is 1. The summed E-state index contributed by atoms with van der Waals surface area (Å²) >= 11 is 0. The van der Waals surface area contributed by atoms with E-state index in [9.17, 15) is 4.79 Å². The smallest absolute Gasteiger partial charge is 0.309 e. The predicted octanol–water partition coefficient (Wildman–Crippen LogP) is 1.54. The number of hydrogen-bond acceptors (Lipinski definition) is 2. The molecule has 0 aromatic heterocycles. The highest BCUT2D eigenvalue weighted by Gasteiger charge is 2.44. The van der Waals surface area contributed by atoms with E-state index in [1.54, 1.807) is 0 Å². The predicted molar refractivity (Wildman–Crippen MR) is 66.4 cm³/mol. The van der Waals surface area contributed by atoms with Gasteiger partial charge in [0.1, 0.15) is 7.85 Å². The maximum absolute atomic E-state index is 11.8. The molecule has 2 fully saturated rings. The van der Waals surface area contributed by atoms with Gasteiger partial charge < -0.3 is 4.74 Å². The molecule has 1 aliphatic carbocycles. The van der Waals surface area contributed by atoms with Gasteiger partial charge in [0.15, 0.2) is 0 Å². The van der Waals surface area contributed by atoms with E-state index in [0.717, 1.165) is 18.3 Å². The van der Waals surface area contributed by atoms with Crippen LogP contribution in [0.4, 0.5) is 0 Å². The Balaban J connectivity index is 1.90. The minimum atomic E-state index is -0.00322. The zero-order valence-electron chi connectivity index (χ0n) is 9.76. The summed E-state index contributed by atoms with van der Waals surface area (Å²) in [5.41, 5.74) is 2.00. The van der Waals surface area contributed by atoms with Crippen LogP contribution in [0.5, 0.6) is 0 Å². The summed E-state index contributed by atoms with van der Waals surface area (Å²) in [6, 6.07) is 7.93. The first-order chi connectivity index (χ1) is 8.25. The summed E-state index contributed by atoms with van der Waals surface area (Å²) in [6.45, 7) is 0.620. The molecule has 2 radical (unpaired) electrons. The van der Waals surface area contributed by atoms with Gasteiger partial charge in [0.2, 0.25) is 0 Å². The standard InChI is InChI=1S/C14H15BO2/c15-11-6-4-9(5-7-11)12-3-1-2-10-8-17-14(16)13(10)12/h4-7,10,12-13H,1-3,8H2/t10-,12+,13+/m1/s1. The quantitative estimate of drug-likeness (QED) is 0.536. The Morgan fingerprint density at radius 3 is 2.71 bits per heavy atom. The molecule has 0 unspecified atom stereocenters. The van der Waals surface area contributed by atoms with Crippen molar-refractivity contribution in [2.45, 2.75) is 25.2 Å². The molecule has 1 aromatic rings. The van der Waals surface area contributed by atoms with Gasteiger partial charge in [-0.3, -0.25) is 4.79 Å². The minimum absolute atomic E-state index is 0.00322. The maximum Gasteiger partial charge on any atom is 0.309 e. The fourth-order valence-corrected chi connectivity index (χ4v) is 3.23. The highest BCUT2D eigenvalue weighted by molar-refractivity contribution is 6.32. The van der Waals surface area contributed by atoms with E-state index < -0.39 is 0 Å². The number of hydrogen-bond donors (Lipinski definition) is 0. The highest BCUT2D eigenvalue weighted by Crippen LogP contribution is 2.44. The fraction of sp³-hybridized carbons (Fsp3) is 0.500. The Morgan fingerprint density at radius 1 is 1.18 bits per heavy atom. The lowest BCUT2D eigenvalue weighted by Crippen LogP contribution is -2.28. The van der Waals surface area contributed by atoms with E-state index in [-0.39, 0.29) is 11.9 Å². The van der Waals surface area contributed by atoms with Crippen LogP contribution in [0.2, 0.25) is 0 Å². The SMILES string of the molecule is [B]c1ccc([C@@H]2CCC[C@@H]3COC(=O)[C@@H]32)cc1. The van der Waals surface area contributed by atoms with Crippen LogP contribution in [-0.4, -0.2) is 20.4 Å². The maximum atomic E-state index is 11.8.